The number of ether oxygens (including phenoxy) is 1. The first-order valence-electron chi connectivity index (χ1n) is 7.64. The Labute approximate surface area is 159 Å². The topological polar surface area (TPSA) is 67.4 Å². The molecule has 132 valence electrons. The number of carbonyl (C=O) groups excluding carboxylic acids is 2. The quantitative estimate of drug-likeness (QED) is 0.710. The van der Waals surface area contributed by atoms with Gasteiger partial charge in [0, 0.05) is 15.1 Å². The Kier molecular flexibility index (Phi) is 6.84. The molecule has 0 radical (unpaired) electrons. The predicted molar refractivity (Wildman–Crippen MR) is 101 cm³/mol. The Hall–Kier alpha value is -2.05. The first-order chi connectivity index (χ1) is 11.9. The predicted octanol–water partition coefficient (Wildman–Crippen LogP) is 4.07. The van der Waals surface area contributed by atoms with Crippen molar-refractivity contribution in [2.75, 3.05) is 6.61 Å². The Morgan fingerprint density at radius 3 is 2.44 bits per heavy atom. The molecular weight excluding hydrogens is 408 g/mol. The molecule has 0 saturated heterocycles. The molecule has 0 heterocycles. The summed E-state index contributed by atoms with van der Waals surface area (Å²) in [6.45, 7) is 3.88. The molecule has 2 amide bonds. The van der Waals surface area contributed by atoms with E-state index in [0.717, 1.165) is 10.0 Å². The third-order valence-electron chi connectivity index (χ3n) is 3.37. The molecule has 2 rings (SSSR count). The smallest absolute Gasteiger partial charge is 0.276 e. The van der Waals surface area contributed by atoms with Gasteiger partial charge in [-0.2, -0.15) is 0 Å². The van der Waals surface area contributed by atoms with E-state index in [1.807, 2.05) is 26.0 Å². The van der Waals surface area contributed by atoms with Crippen LogP contribution in [-0.4, -0.2) is 18.4 Å². The average molecular weight is 426 g/mol. The van der Waals surface area contributed by atoms with Gasteiger partial charge in [0.15, 0.2) is 6.61 Å². The van der Waals surface area contributed by atoms with Crippen LogP contribution in [0.5, 0.6) is 5.75 Å². The third kappa shape index (κ3) is 5.76. The number of carbonyl (C=O) groups is 2. The van der Waals surface area contributed by atoms with Gasteiger partial charge in [0.25, 0.3) is 11.8 Å². The number of hydrogen-bond donors (Lipinski definition) is 2. The molecule has 0 bridgehead atoms. The fourth-order valence-electron chi connectivity index (χ4n) is 2.08. The van der Waals surface area contributed by atoms with Crippen LogP contribution in [0.25, 0.3) is 0 Å². The fraction of sp³-hybridized carbons (Fsp3) is 0.222. The van der Waals surface area contributed by atoms with Crippen molar-refractivity contribution in [2.45, 2.75) is 19.8 Å². The van der Waals surface area contributed by atoms with E-state index < -0.39 is 11.8 Å². The molecule has 0 fully saturated rings. The lowest BCUT2D eigenvalue weighted by molar-refractivity contribution is -0.123. The summed E-state index contributed by atoms with van der Waals surface area (Å²) in [5.41, 5.74) is 6.03. The van der Waals surface area contributed by atoms with Gasteiger partial charge in [-0.15, -0.1) is 0 Å². The van der Waals surface area contributed by atoms with Gasteiger partial charge in [0.1, 0.15) is 5.75 Å². The second-order valence-corrected chi connectivity index (χ2v) is 6.99. The maximum Gasteiger partial charge on any atom is 0.276 e. The molecule has 25 heavy (non-hydrogen) atoms. The SMILES string of the molecule is CC(C)c1cc(Br)ccc1OCC(=O)NNC(=O)c1ccc(Cl)cc1. The average Bonchev–Trinajstić information content (AvgIpc) is 2.59. The largest absolute Gasteiger partial charge is 0.483 e. The van der Waals surface area contributed by atoms with Crippen molar-refractivity contribution < 1.29 is 14.3 Å². The summed E-state index contributed by atoms with van der Waals surface area (Å²) in [6.07, 6.45) is 0. The van der Waals surface area contributed by atoms with Gasteiger partial charge in [-0.1, -0.05) is 41.4 Å². The van der Waals surface area contributed by atoms with Crippen LogP contribution in [0, 0.1) is 0 Å². The van der Waals surface area contributed by atoms with Crippen molar-refractivity contribution in [2.24, 2.45) is 0 Å². The van der Waals surface area contributed by atoms with Crippen LogP contribution in [0.3, 0.4) is 0 Å². The monoisotopic (exact) mass is 424 g/mol. The summed E-state index contributed by atoms with van der Waals surface area (Å²) in [7, 11) is 0. The van der Waals surface area contributed by atoms with Gasteiger partial charge in [-0.25, -0.2) is 0 Å². The van der Waals surface area contributed by atoms with Gasteiger partial charge in [0.05, 0.1) is 0 Å². The summed E-state index contributed by atoms with van der Waals surface area (Å²) in [5.74, 6) is -0.00554. The molecule has 2 aromatic rings. The molecule has 0 aromatic heterocycles. The summed E-state index contributed by atoms with van der Waals surface area (Å²) in [6, 6.07) is 11.9. The van der Waals surface area contributed by atoms with Crippen molar-refractivity contribution >= 4 is 39.3 Å². The number of halogens is 2. The number of amides is 2. The summed E-state index contributed by atoms with van der Waals surface area (Å²) < 4.78 is 6.51. The van der Waals surface area contributed by atoms with Gasteiger partial charge < -0.3 is 4.74 Å². The van der Waals surface area contributed by atoms with E-state index in [4.69, 9.17) is 16.3 Å². The minimum absolute atomic E-state index is 0.206. The molecule has 0 aliphatic heterocycles. The van der Waals surface area contributed by atoms with Crippen LogP contribution in [0.15, 0.2) is 46.9 Å². The lowest BCUT2D eigenvalue weighted by Gasteiger charge is -2.14. The first kappa shape index (κ1) is 19.3. The lowest BCUT2D eigenvalue weighted by Crippen LogP contribution is -2.43. The molecule has 0 aliphatic rings. The highest BCUT2D eigenvalue weighted by atomic mass is 79.9. The van der Waals surface area contributed by atoms with Crippen LogP contribution in [-0.2, 0) is 4.79 Å². The van der Waals surface area contributed by atoms with Crippen LogP contribution < -0.4 is 15.6 Å². The highest BCUT2D eigenvalue weighted by Crippen LogP contribution is 2.29. The fourth-order valence-corrected chi connectivity index (χ4v) is 2.59. The number of hydrogen-bond acceptors (Lipinski definition) is 3. The molecule has 0 saturated carbocycles. The van der Waals surface area contributed by atoms with E-state index in [1.165, 1.54) is 0 Å². The van der Waals surface area contributed by atoms with Gasteiger partial charge >= 0.3 is 0 Å². The van der Waals surface area contributed by atoms with E-state index in [0.29, 0.717) is 16.3 Å². The Morgan fingerprint density at radius 2 is 1.80 bits per heavy atom. The van der Waals surface area contributed by atoms with E-state index in [1.54, 1.807) is 30.3 Å². The van der Waals surface area contributed by atoms with Gasteiger partial charge in [-0.05, 0) is 53.9 Å². The zero-order valence-corrected chi connectivity index (χ0v) is 16.1. The second-order valence-electron chi connectivity index (χ2n) is 5.63. The number of benzene rings is 2. The van der Waals surface area contributed by atoms with E-state index >= 15 is 0 Å². The molecule has 0 spiro atoms. The van der Waals surface area contributed by atoms with Crippen molar-refractivity contribution in [1.82, 2.24) is 10.9 Å². The summed E-state index contributed by atoms with van der Waals surface area (Å²) in [5, 5.41) is 0.532. The van der Waals surface area contributed by atoms with Crippen LogP contribution in [0.1, 0.15) is 35.7 Å². The molecule has 7 heteroatoms. The Bertz CT molecular complexity index is 763. The van der Waals surface area contributed by atoms with Gasteiger partial charge in [0.2, 0.25) is 0 Å². The number of rotatable bonds is 5. The molecule has 2 aromatic carbocycles. The summed E-state index contributed by atoms with van der Waals surface area (Å²) >= 11 is 9.19. The van der Waals surface area contributed by atoms with Crippen molar-refractivity contribution in [3.8, 4) is 5.75 Å². The maximum absolute atomic E-state index is 11.9. The third-order valence-corrected chi connectivity index (χ3v) is 4.12. The molecule has 0 unspecified atom stereocenters. The standard InChI is InChI=1S/C18H18BrClN2O3/c1-11(2)15-9-13(19)5-8-16(15)25-10-17(23)21-22-18(24)12-3-6-14(20)7-4-12/h3-9,11H,10H2,1-2H3,(H,21,23)(H,22,24). The zero-order chi connectivity index (χ0) is 18.4. The first-order valence-corrected chi connectivity index (χ1v) is 8.81. The molecular formula is C18H18BrClN2O3. The van der Waals surface area contributed by atoms with E-state index in [9.17, 15) is 9.59 Å². The lowest BCUT2D eigenvalue weighted by atomic mass is 10.0. The molecule has 0 atom stereocenters. The second kappa shape index (κ2) is 8.87. The number of hydrazine groups is 1. The van der Waals surface area contributed by atoms with Crippen LogP contribution in [0.4, 0.5) is 0 Å². The van der Waals surface area contributed by atoms with Crippen molar-refractivity contribution in [3.63, 3.8) is 0 Å². The highest BCUT2D eigenvalue weighted by Gasteiger charge is 2.11. The van der Waals surface area contributed by atoms with Crippen LogP contribution in [0.2, 0.25) is 5.02 Å². The van der Waals surface area contributed by atoms with Crippen molar-refractivity contribution in [3.05, 3.63) is 63.1 Å². The Balaban J connectivity index is 1.87. The zero-order valence-electron chi connectivity index (χ0n) is 13.8. The molecule has 2 N–H and O–H groups in total. The Morgan fingerprint density at radius 1 is 1.12 bits per heavy atom. The molecule has 5 nitrogen and oxygen atoms in total. The van der Waals surface area contributed by atoms with E-state index in [2.05, 4.69) is 26.8 Å². The maximum atomic E-state index is 11.9. The number of nitrogens with one attached hydrogen (secondary N) is 2. The van der Waals surface area contributed by atoms with Crippen LogP contribution >= 0.6 is 27.5 Å². The van der Waals surface area contributed by atoms with E-state index in [-0.39, 0.29) is 12.5 Å². The minimum atomic E-state index is -0.458. The minimum Gasteiger partial charge on any atom is -0.483 e. The van der Waals surface area contributed by atoms with Crippen molar-refractivity contribution in [1.29, 1.82) is 0 Å². The van der Waals surface area contributed by atoms with Gasteiger partial charge in [-0.3, -0.25) is 20.4 Å². The molecule has 0 aliphatic carbocycles. The highest BCUT2D eigenvalue weighted by molar-refractivity contribution is 9.10. The normalized spacial score (nSPS) is 10.4. The summed E-state index contributed by atoms with van der Waals surface area (Å²) in [4.78, 5) is 23.8.